The van der Waals surface area contributed by atoms with Gasteiger partial charge in [0, 0.05) is 23.3 Å². The minimum Gasteiger partial charge on any atom is -0.493 e. The molecule has 1 N–H and O–H groups in total. The molecule has 1 aromatic rings. The maximum atomic E-state index is 12.3. The molecule has 0 radical (unpaired) electrons. The molecule has 30 heavy (non-hydrogen) atoms. The van der Waals surface area contributed by atoms with Crippen LogP contribution >= 0.6 is 0 Å². The molecule has 1 aromatic carbocycles. The maximum Gasteiger partial charge on any atom is 0.270 e. The Labute approximate surface area is 175 Å². The normalized spacial score (nSPS) is 19.5. The van der Waals surface area contributed by atoms with E-state index in [1.165, 1.54) is 27.4 Å². The van der Waals surface area contributed by atoms with Crippen molar-refractivity contribution in [2.45, 2.75) is 13.8 Å². The fraction of sp³-hybridized carbons (Fsp3) is 0.261. The predicted octanol–water partition coefficient (Wildman–Crippen LogP) is 3.23. The maximum absolute atomic E-state index is 12.3. The SMILES string of the molecule is COc1cc(/C=C/C(=O)N=C2C=CC3C(=C2)NC(=O)C(C)=C3C)cc(OC)c1OC. The van der Waals surface area contributed by atoms with Gasteiger partial charge in [-0.1, -0.05) is 11.6 Å². The van der Waals surface area contributed by atoms with E-state index < -0.39 is 5.91 Å². The van der Waals surface area contributed by atoms with Crippen molar-refractivity contribution in [3.05, 3.63) is 58.8 Å². The zero-order valence-corrected chi connectivity index (χ0v) is 17.6. The average molecular weight is 408 g/mol. The lowest BCUT2D eigenvalue weighted by molar-refractivity contribution is -0.117. The summed E-state index contributed by atoms with van der Waals surface area (Å²) in [5, 5.41) is 2.86. The lowest BCUT2D eigenvalue weighted by atomic mass is 9.85. The predicted molar refractivity (Wildman–Crippen MR) is 115 cm³/mol. The van der Waals surface area contributed by atoms with Crippen LogP contribution in [0.3, 0.4) is 0 Å². The number of nitrogens with zero attached hydrogens (tertiary/aromatic N) is 1. The summed E-state index contributed by atoms with van der Waals surface area (Å²) in [5.41, 5.74) is 3.62. The number of hydrogen-bond acceptors (Lipinski definition) is 5. The van der Waals surface area contributed by atoms with Gasteiger partial charge in [-0.15, -0.1) is 0 Å². The molecule has 1 atom stereocenters. The number of ether oxygens (including phenoxy) is 3. The molecule has 2 aliphatic rings. The second kappa shape index (κ2) is 8.82. The molecule has 156 valence electrons. The molecule has 7 heteroatoms. The van der Waals surface area contributed by atoms with Crippen LogP contribution in [0.15, 0.2) is 58.3 Å². The lowest BCUT2D eigenvalue weighted by Crippen LogP contribution is -2.35. The Bertz CT molecular complexity index is 1020. The van der Waals surface area contributed by atoms with Crippen LogP contribution in [0.5, 0.6) is 17.2 Å². The van der Waals surface area contributed by atoms with Crippen LogP contribution in [0, 0.1) is 5.92 Å². The number of carbonyl (C=O) groups excluding carboxylic acids is 2. The zero-order chi connectivity index (χ0) is 21.8. The van der Waals surface area contributed by atoms with Crippen molar-refractivity contribution in [3.8, 4) is 17.2 Å². The third-order valence-electron chi connectivity index (χ3n) is 5.10. The van der Waals surface area contributed by atoms with Gasteiger partial charge in [0.15, 0.2) is 11.5 Å². The van der Waals surface area contributed by atoms with Crippen LogP contribution in [-0.4, -0.2) is 38.9 Å². The Morgan fingerprint density at radius 1 is 1.10 bits per heavy atom. The molecule has 1 aliphatic carbocycles. The van der Waals surface area contributed by atoms with Gasteiger partial charge >= 0.3 is 0 Å². The quantitative estimate of drug-likeness (QED) is 0.756. The number of hydrogen-bond donors (Lipinski definition) is 1. The Kier molecular flexibility index (Phi) is 6.20. The van der Waals surface area contributed by atoms with E-state index in [9.17, 15) is 9.59 Å². The van der Waals surface area contributed by atoms with Gasteiger partial charge in [0.25, 0.3) is 11.8 Å². The van der Waals surface area contributed by atoms with Gasteiger partial charge in [0.05, 0.1) is 27.0 Å². The first kappa shape index (κ1) is 21.1. The Morgan fingerprint density at radius 2 is 1.77 bits per heavy atom. The summed E-state index contributed by atoms with van der Waals surface area (Å²) in [6, 6.07) is 3.47. The molecule has 1 heterocycles. The van der Waals surface area contributed by atoms with E-state index >= 15 is 0 Å². The van der Waals surface area contributed by atoms with Gasteiger partial charge in [-0.05, 0) is 49.8 Å². The van der Waals surface area contributed by atoms with Crippen LogP contribution in [0.4, 0.5) is 0 Å². The van der Waals surface area contributed by atoms with E-state index in [2.05, 4.69) is 10.3 Å². The number of fused-ring (bicyclic) bond motifs is 1. The van der Waals surface area contributed by atoms with Crippen LogP contribution in [0.2, 0.25) is 0 Å². The molecule has 0 aromatic heterocycles. The molecular formula is C23H24N2O5. The summed E-state index contributed by atoms with van der Waals surface area (Å²) in [6.07, 6.45) is 8.43. The summed E-state index contributed by atoms with van der Waals surface area (Å²) in [5.74, 6) is 0.918. The van der Waals surface area contributed by atoms with Gasteiger partial charge in [0.2, 0.25) is 5.75 Å². The standard InChI is InChI=1S/C23H24N2O5/c1-13-14(2)23(27)25-18-12-16(7-8-17(13)18)24-21(26)9-6-15-10-19(28-3)22(30-5)20(11-15)29-4/h6-12,17H,1-5H3,(H,25,27)/b9-6+,24-16?. The number of rotatable bonds is 5. The first-order chi connectivity index (χ1) is 14.4. The van der Waals surface area contributed by atoms with Crippen molar-refractivity contribution in [2.24, 2.45) is 10.9 Å². The Morgan fingerprint density at radius 3 is 2.37 bits per heavy atom. The van der Waals surface area contributed by atoms with Crippen molar-refractivity contribution in [2.75, 3.05) is 21.3 Å². The molecule has 0 fully saturated rings. The van der Waals surface area contributed by atoms with Gasteiger partial charge < -0.3 is 19.5 Å². The summed E-state index contributed by atoms with van der Waals surface area (Å²) in [6.45, 7) is 3.74. The van der Waals surface area contributed by atoms with E-state index in [0.29, 0.717) is 34.1 Å². The second-order valence-corrected chi connectivity index (χ2v) is 6.87. The van der Waals surface area contributed by atoms with Gasteiger partial charge in [-0.3, -0.25) is 9.59 Å². The van der Waals surface area contributed by atoms with Crippen molar-refractivity contribution >= 4 is 23.6 Å². The number of amides is 2. The largest absolute Gasteiger partial charge is 0.493 e. The molecular weight excluding hydrogens is 384 g/mol. The number of benzene rings is 1. The number of aliphatic imine (C=N–C) groups is 1. The molecule has 0 bridgehead atoms. The van der Waals surface area contributed by atoms with Crippen molar-refractivity contribution < 1.29 is 23.8 Å². The van der Waals surface area contributed by atoms with Crippen molar-refractivity contribution in [3.63, 3.8) is 0 Å². The fourth-order valence-corrected chi connectivity index (χ4v) is 3.32. The fourth-order valence-electron chi connectivity index (χ4n) is 3.32. The molecule has 1 unspecified atom stereocenters. The van der Waals surface area contributed by atoms with Crippen molar-refractivity contribution in [1.82, 2.24) is 5.32 Å². The molecule has 0 saturated carbocycles. The van der Waals surface area contributed by atoms with E-state index in [1.54, 1.807) is 37.3 Å². The highest BCUT2D eigenvalue weighted by molar-refractivity contribution is 6.13. The minimum atomic E-state index is -0.427. The van der Waals surface area contributed by atoms with Crippen LogP contribution in [0.25, 0.3) is 6.08 Å². The third-order valence-corrected chi connectivity index (χ3v) is 5.10. The first-order valence-corrected chi connectivity index (χ1v) is 9.37. The highest BCUT2D eigenvalue weighted by Gasteiger charge is 2.27. The minimum absolute atomic E-state index is 0.00604. The van der Waals surface area contributed by atoms with Crippen LogP contribution in [-0.2, 0) is 9.59 Å². The molecule has 7 nitrogen and oxygen atoms in total. The van der Waals surface area contributed by atoms with E-state index in [-0.39, 0.29) is 11.8 Å². The molecule has 0 saturated heterocycles. The average Bonchev–Trinajstić information content (AvgIpc) is 2.75. The molecule has 2 amide bonds. The summed E-state index contributed by atoms with van der Waals surface area (Å²) >= 11 is 0. The van der Waals surface area contributed by atoms with Gasteiger partial charge in [-0.2, -0.15) is 0 Å². The molecule has 0 spiro atoms. The van der Waals surface area contributed by atoms with E-state index in [1.807, 2.05) is 13.0 Å². The van der Waals surface area contributed by atoms with Crippen LogP contribution in [0.1, 0.15) is 19.4 Å². The third kappa shape index (κ3) is 4.20. The Balaban J connectivity index is 1.80. The monoisotopic (exact) mass is 408 g/mol. The summed E-state index contributed by atoms with van der Waals surface area (Å²) in [7, 11) is 4.58. The smallest absolute Gasteiger partial charge is 0.270 e. The zero-order valence-electron chi connectivity index (χ0n) is 17.6. The highest BCUT2D eigenvalue weighted by Crippen LogP contribution is 2.38. The summed E-state index contributed by atoms with van der Waals surface area (Å²) < 4.78 is 15.9. The van der Waals surface area contributed by atoms with Crippen LogP contribution < -0.4 is 19.5 Å². The lowest BCUT2D eigenvalue weighted by Gasteiger charge is -2.28. The number of methoxy groups -OCH3 is 3. The number of nitrogens with one attached hydrogen (secondary N) is 1. The summed E-state index contributed by atoms with van der Waals surface area (Å²) in [4.78, 5) is 28.5. The van der Waals surface area contributed by atoms with E-state index in [4.69, 9.17) is 14.2 Å². The molecule has 3 rings (SSSR count). The number of carbonyl (C=O) groups is 2. The Hall–Kier alpha value is -3.61. The highest BCUT2D eigenvalue weighted by atomic mass is 16.5. The van der Waals surface area contributed by atoms with Crippen molar-refractivity contribution in [1.29, 1.82) is 0 Å². The molecule has 1 aliphatic heterocycles. The first-order valence-electron chi connectivity index (χ1n) is 9.37. The van der Waals surface area contributed by atoms with Gasteiger partial charge in [-0.25, -0.2) is 4.99 Å². The second-order valence-electron chi connectivity index (χ2n) is 6.87. The van der Waals surface area contributed by atoms with E-state index in [0.717, 1.165) is 11.3 Å². The number of allylic oxidation sites excluding steroid dienone is 3. The topological polar surface area (TPSA) is 86.2 Å². The van der Waals surface area contributed by atoms with Gasteiger partial charge in [0.1, 0.15) is 0 Å².